The average molecular weight is 217 g/mol. The molecule has 0 bridgehead atoms. The topological polar surface area (TPSA) is 26.3 Å². The van der Waals surface area contributed by atoms with E-state index >= 15 is 0 Å². The van der Waals surface area contributed by atoms with Crippen molar-refractivity contribution in [3.8, 4) is 0 Å². The van der Waals surface area contributed by atoms with Crippen molar-refractivity contribution in [2.75, 3.05) is 0 Å². The van der Waals surface area contributed by atoms with Crippen LogP contribution in [0.3, 0.4) is 0 Å². The molecular formula is C9H9ClO2S. The number of thiol groups is 1. The lowest BCUT2D eigenvalue weighted by Crippen LogP contribution is -2.09. The first kappa shape index (κ1) is 10.4. The Morgan fingerprint density at radius 3 is 2.85 bits per heavy atom. The largest absolute Gasteiger partial charge is 0.448 e. The van der Waals surface area contributed by atoms with Gasteiger partial charge in [0.25, 0.3) is 0 Å². The summed E-state index contributed by atoms with van der Waals surface area (Å²) in [6.45, 7) is 1.67. The average Bonchev–Trinajstić information content (AvgIpc) is 2.03. The maximum absolute atomic E-state index is 11.3. The van der Waals surface area contributed by atoms with E-state index in [1.54, 1.807) is 31.2 Å². The van der Waals surface area contributed by atoms with Crippen LogP contribution >= 0.6 is 24.2 Å². The first-order valence-electron chi connectivity index (χ1n) is 3.74. The van der Waals surface area contributed by atoms with Crippen molar-refractivity contribution < 1.29 is 9.53 Å². The summed E-state index contributed by atoms with van der Waals surface area (Å²) in [6.07, 6.45) is 0. The zero-order chi connectivity index (χ0) is 9.84. The molecule has 0 N–H and O–H groups in total. The van der Waals surface area contributed by atoms with E-state index in [1.165, 1.54) is 0 Å². The number of halogens is 1. The zero-order valence-electron chi connectivity index (χ0n) is 7.03. The molecule has 1 rings (SSSR count). The van der Waals surface area contributed by atoms with Crippen LogP contribution in [-0.2, 0) is 4.74 Å². The van der Waals surface area contributed by atoms with Crippen LogP contribution in [0, 0.1) is 0 Å². The molecule has 0 saturated carbocycles. The fraction of sp³-hybridized carbons (Fsp3) is 0.222. The molecule has 0 aliphatic rings. The number of esters is 1. The molecule has 0 aromatic heterocycles. The molecule has 0 aliphatic carbocycles. The fourth-order valence-corrected chi connectivity index (χ4v) is 1.12. The van der Waals surface area contributed by atoms with Crippen LogP contribution in [0.15, 0.2) is 24.3 Å². The molecule has 4 heteroatoms. The number of carbonyl (C=O) groups is 1. The normalized spacial score (nSPS) is 12.2. The molecule has 1 aromatic rings. The smallest absolute Gasteiger partial charge is 0.339 e. The Kier molecular flexibility index (Phi) is 3.63. The molecule has 1 unspecified atom stereocenters. The number of hydrogen-bond donors (Lipinski definition) is 1. The van der Waals surface area contributed by atoms with Gasteiger partial charge in [0.2, 0.25) is 0 Å². The van der Waals surface area contributed by atoms with Gasteiger partial charge in [0.05, 0.1) is 5.56 Å². The van der Waals surface area contributed by atoms with Crippen LogP contribution in [0.2, 0.25) is 5.02 Å². The SMILES string of the molecule is CC(S)OC(=O)c1cccc(Cl)c1. The molecule has 0 amide bonds. The predicted molar refractivity (Wildman–Crippen MR) is 55.3 cm³/mol. The molecule has 1 atom stereocenters. The lowest BCUT2D eigenvalue weighted by atomic mass is 10.2. The standard InChI is InChI=1S/C9H9ClO2S/c1-6(13)12-9(11)7-3-2-4-8(10)5-7/h2-6,13H,1H3. The number of carbonyl (C=O) groups excluding carboxylic acids is 1. The summed E-state index contributed by atoms with van der Waals surface area (Å²) < 4.78 is 4.86. The fourth-order valence-electron chi connectivity index (χ4n) is 0.838. The molecule has 13 heavy (non-hydrogen) atoms. The van der Waals surface area contributed by atoms with Crippen molar-refractivity contribution in [1.29, 1.82) is 0 Å². The van der Waals surface area contributed by atoms with Crippen LogP contribution in [0.4, 0.5) is 0 Å². The third-order valence-corrected chi connectivity index (χ3v) is 1.68. The second-order valence-electron chi connectivity index (χ2n) is 2.51. The molecular weight excluding hydrogens is 208 g/mol. The Morgan fingerprint density at radius 1 is 1.62 bits per heavy atom. The van der Waals surface area contributed by atoms with Crippen molar-refractivity contribution in [1.82, 2.24) is 0 Å². The Balaban J connectivity index is 2.77. The van der Waals surface area contributed by atoms with Gasteiger partial charge in [0.1, 0.15) is 5.44 Å². The summed E-state index contributed by atoms with van der Waals surface area (Å²) in [5.41, 5.74) is 0.0277. The molecule has 0 heterocycles. The van der Waals surface area contributed by atoms with Gasteiger partial charge in [-0.3, -0.25) is 0 Å². The first-order chi connectivity index (χ1) is 6.09. The Bertz CT molecular complexity index is 312. The van der Waals surface area contributed by atoms with Gasteiger partial charge < -0.3 is 4.74 Å². The second-order valence-corrected chi connectivity index (χ2v) is 3.68. The van der Waals surface area contributed by atoms with E-state index in [0.717, 1.165) is 0 Å². The zero-order valence-corrected chi connectivity index (χ0v) is 8.68. The molecule has 0 spiro atoms. The Hall–Kier alpha value is -0.670. The van der Waals surface area contributed by atoms with E-state index in [4.69, 9.17) is 16.3 Å². The van der Waals surface area contributed by atoms with E-state index < -0.39 is 11.4 Å². The van der Waals surface area contributed by atoms with Gasteiger partial charge in [-0.25, -0.2) is 4.79 Å². The van der Waals surface area contributed by atoms with E-state index in [2.05, 4.69) is 12.6 Å². The molecule has 1 aromatic carbocycles. The minimum Gasteiger partial charge on any atom is -0.448 e. The molecule has 70 valence electrons. The van der Waals surface area contributed by atoms with Crippen LogP contribution in [0.1, 0.15) is 17.3 Å². The van der Waals surface area contributed by atoms with Crippen LogP contribution < -0.4 is 0 Å². The van der Waals surface area contributed by atoms with E-state index in [0.29, 0.717) is 10.6 Å². The minimum absolute atomic E-state index is 0.411. The summed E-state index contributed by atoms with van der Waals surface area (Å²) in [6, 6.07) is 6.59. The van der Waals surface area contributed by atoms with Gasteiger partial charge in [0, 0.05) is 5.02 Å². The highest BCUT2D eigenvalue weighted by molar-refractivity contribution is 7.80. The predicted octanol–water partition coefficient (Wildman–Crippen LogP) is 2.77. The van der Waals surface area contributed by atoms with Crippen molar-refractivity contribution in [2.24, 2.45) is 0 Å². The van der Waals surface area contributed by atoms with Gasteiger partial charge in [-0.2, -0.15) is 0 Å². The second kappa shape index (κ2) is 4.53. The van der Waals surface area contributed by atoms with Gasteiger partial charge in [0.15, 0.2) is 0 Å². The number of rotatable bonds is 2. The summed E-state index contributed by atoms with van der Waals surface area (Å²) in [5.74, 6) is -0.412. The highest BCUT2D eigenvalue weighted by Crippen LogP contribution is 2.12. The lowest BCUT2D eigenvalue weighted by Gasteiger charge is -2.06. The highest BCUT2D eigenvalue weighted by Gasteiger charge is 2.08. The third-order valence-electron chi connectivity index (χ3n) is 1.34. The summed E-state index contributed by atoms with van der Waals surface area (Å²) in [4.78, 5) is 11.3. The highest BCUT2D eigenvalue weighted by atomic mass is 35.5. The lowest BCUT2D eigenvalue weighted by molar-refractivity contribution is 0.0484. The number of benzene rings is 1. The van der Waals surface area contributed by atoms with E-state index in [-0.39, 0.29) is 0 Å². The number of hydrogen-bond acceptors (Lipinski definition) is 3. The molecule has 0 fully saturated rings. The molecule has 0 saturated heterocycles. The van der Waals surface area contributed by atoms with Gasteiger partial charge >= 0.3 is 5.97 Å². The van der Waals surface area contributed by atoms with Crippen molar-refractivity contribution in [2.45, 2.75) is 12.4 Å². The summed E-state index contributed by atoms with van der Waals surface area (Å²) in [5, 5.41) is 0.515. The van der Waals surface area contributed by atoms with Crippen molar-refractivity contribution >= 4 is 30.2 Å². The molecule has 0 radical (unpaired) electrons. The third kappa shape index (κ3) is 3.28. The van der Waals surface area contributed by atoms with Gasteiger partial charge in [-0.1, -0.05) is 17.7 Å². The minimum atomic E-state index is -0.412. The maximum atomic E-state index is 11.3. The van der Waals surface area contributed by atoms with E-state index in [9.17, 15) is 4.79 Å². The van der Waals surface area contributed by atoms with Crippen molar-refractivity contribution in [3.63, 3.8) is 0 Å². The quantitative estimate of drug-likeness (QED) is 0.468. The van der Waals surface area contributed by atoms with Crippen LogP contribution in [-0.4, -0.2) is 11.4 Å². The molecule has 0 aliphatic heterocycles. The summed E-state index contributed by atoms with van der Waals surface area (Å²) >= 11 is 9.64. The van der Waals surface area contributed by atoms with Gasteiger partial charge in [-0.15, -0.1) is 12.6 Å². The summed E-state index contributed by atoms with van der Waals surface area (Å²) in [7, 11) is 0. The van der Waals surface area contributed by atoms with Crippen molar-refractivity contribution in [3.05, 3.63) is 34.9 Å². The van der Waals surface area contributed by atoms with Gasteiger partial charge in [-0.05, 0) is 25.1 Å². The van der Waals surface area contributed by atoms with Crippen LogP contribution in [0.25, 0.3) is 0 Å². The van der Waals surface area contributed by atoms with E-state index in [1.807, 2.05) is 0 Å². The maximum Gasteiger partial charge on any atom is 0.339 e. The Morgan fingerprint density at radius 2 is 2.31 bits per heavy atom. The van der Waals surface area contributed by atoms with Crippen LogP contribution in [0.5, 0.6) is 0 Å². The number of ether oxygens (including phenoxy) is 1. The first-order valence-corrected chi connectivity index (χ1v) is 4.63. The molecule has 2 nitrogen and oxygen atoms in total. The Labute approximate surface area is 87.3 Å². The monoisotopic (exact) mass is 216 g/mol.